The van der Waals surface area contributed by atoms with Crippen LogP contribution >= 0.6 is 0 Å². The molecule has 3 aromatic heterocycles. The van der Waals surface area contributed by atoms with E-state index in [4.69, 9.17) is 9.72 Å². The van der Waals surface area contributed by atoms with Gasteiger partial charge in [0.1, 0.15) is 22.9 Å². The summed E-state index contributed by atoms with van der Waals surface area (Å²) in [6.07, 6.45) is 1.98. The normalized spacial score (nSPS) is 11.2. The number of benzene rings is 2. The van der Waals surface area contributed by atoms with E-state index >= 15 is 0 Å². The van der Waals surface area contributed by atoms with Gasteiger partial charge in [0.05, 0.1) is 12.7 Å². The monoisotopic (exact) mass is 424 g/mol. The van der Waals surface area contributed by atoms with Crippen molar-refractivity contribution in [3.8, 4) is 17.0 Å². The summed E-state index contributed by atoms with van der Waals surface area (Å²) in [5.74, 6) is 1.60. The molecule has 0 aliphatic rings. The van der Waals surface area contributed by atoms with Crippen LogP contribution in [0.3, 0.4) is 0 Å². The van der Waals surface area contributed by atoms with Crippen LogP contribution in [-0.4, -0.2) is 21.5 Å². The SMILES string of the molecule is COc1ccc(CNc2c(-c3cc4cc(C)ccc4[nH]c3=O)nc3cc(C)ccn23)cc1. The smallest absolute Gasteiger partial charge is 0.258 e. The second kappa shape index (κ2) is 7.89. The lowest BCUT2D eigenvalue weighted by Gasteiger charge is -2.10. The van der Waals surface area contributed by atoms with Crippen LogP contribution in [0.5, 0.6) is 5.75 Å². The standard InChI is InChI=1S/C26H24N4O2/c1-16-4-9-22-19(12-16)14-21(26(31)28-22)24-25(30-11-10-17(2)13-23(30)29-24)27-15-18-5-7-20(32-3)8-6-18/h4-14,27H,15H2,1-3H3,(H,28,31). The Morgan fingerprint density at radius 1 is 1.00 bits per heavy atom. The number of aromatic nitrogens is 3. The summed E-state index contributed by atoms with van der Waals surface area (Å²) in [6, 6.07) is 19.9. The molecule has 0 atom stereocenters. The van der Waals surface area contributed by atoms with Crippen LogP contribution in [0, 0.1) is 13.8 Å². The molecule has 0 unspecified atom stereocenters. The fourth-order valence-electron chi connectivity index (χ4n) is 3.93. The Balaban J connectivity index is 1.63. The van der Waals surface area contributed by atoms with Gasteiger partial charge in [-0.2, -0.15) is 0 Å². The van der Waals surface area contributed by atoms with Crippen molar-refractivity contribution >= 4 is 22.4 Å². The third-order valence-corrected chi connectivity index (χ3v) is 5.66. The highest BCUT2D eigenvalue weighted by atomic mass is 16.5. The molecule has 0 radical (unpaired) electrons. The molecule has 6 heteroatoms. The highest BCUT2D eigenvalue weighted by Gasteiger charge is 2.18. The number of hydrogen-bond acceptors (Lipinski definition) is 4. The molecule has 3 heterocycles. The summed E-state index contributed by atoms with van der Waals surface area (Å²) in [7, 11) is 1.66. The molecule has 0 amide bonds. The van der Waals surface area contributed by atoms with E-state index in [-0.39, 0.29) is 5.56 Å². The topological polar surface area (TPSA) is 71.4 Å². The first kappa shape index (κ1) is 19.9. The number of hydrogen-bond donors (Lipinski definition) is 2. The molecule has 0 saturated carbocycles. The number of H-pyrrole nitrogens is 1. The molecule has 0 bridgehead atoms. The number of imidazole rings is 1. The predicted molar refractivity (Wildman–Crippen MR) is 129 cm³/mol. The third-order valence-electron chi connectivity index (χ3n) is 5.66. The minimum Gasteiger partial charge on any atom is -0.497 e. The number of nitrogens with one attached hydrogen (secondary N) is 2. The number of aromatic amines is 1. The number of fused-ring (bicyclic) bond motifs is 2. The first-order valence-corrected chi connectivity index (χ1v) is 10.5. The molecular formula is C26H24N4O2. The van der Waals surface area contributed by atoms with E-state index in [2.05, 4.69) is 16.4 Å². The summed E-state index contributed by atoms with van der Waals surface area (Å²) in [6.45, 7) is 4.66. The van der Waals surface area contributed by atoms with E-state index in [1.54, 1.807) is 7.11 Å². The molecular weight excluding hydrogens is 400 g/mol. The van der Waals surface area contributed by atoms with Crippen molar-refractivity contribution in [3.05, 3.63) is 93.9 Å². The fourth-order valence-corrected chi connectivity index (χ4v) is 3.93. The van der Waals surface area contributed by atoms with Crippen molar-refractivity contribution < 1.29 is 4.74 Å². The highest BCUT2D eigenvalue weighted by molar-refractivity contribution is 5.86. The Bertz CT molecular complexity index is 1500. The van der Waals surface area contributed by atoms with Crippen LogP contribution in [0.1, 0.15) is 16.7 Å². The van der Waals surface area contributed by atoms with E-state index in [0.29, 0.717) is 17.8 Å². The first-order valence-electron chi connectivity index (χ1n) is 10.5. The van der Waals surface area contributed by atoms with Gasteiger partial charge in [-0.05, 0) is 72.8 Å². The summed E-state index contributed by atoms with van der Waals surface area (Å²) in [4.78, 5) is 20.9. The van der Waals surface area contributed by atoms with Gasteiger partial charge in [0, 0.05) is 18.3 Å². The molecule has 32 heavy (non-hydrogen) atoms. The maximum absolute atomic E-state index is 13.0. The number of anilines is 1. The quantitative estimate of drug-likeness (QED) is 0.413. The van der Waals surface area contributed by atoms with Crippen molar-refractivity contribution in [1.29, 1.82) is 0 Å². The number of nitrogens with zero attached hydrogens (tertiary/aromatic N) is 2. The number of methoxy groups -OCH3 is 1. The van der Waals surface area contributed by atoms with Crippen LogP contribution < -0.4 is 15.6 Å². The summed E-state index contributed by atoms with van der Waals surface area (Å²) >= 11 is 0. The van der Waals surface area contributed by atoms with Crippen molar-refractivity contribution in [2.75, 3.05) is 12.4 Å². The lowest BCUT2D eigenvalue weighted by Crippen LogP contribution is -2.11. The molecule has 2 aromatic carbocycles. The Kier molecular flexibility index (Phi) is 4.90. The van der Waals surface area contributed by atoms with Gasteiger partial charge in [0.2, 0.25) is 0 Å². The van der Waals surface area contributed by atoms with Crippen molar-refractivity contribution in [2.45, 2.75) is 20.4 Å². The number of ether oxygens (including phenoxy) is 1. The van der Waals surface area contributed by atoms with Gasteiger partial charge in [0.25, 0.3) is 5.56 Å². The van der Waals surface area contributed by atoms with Crippen LogP contribution in [0.4, 0.5) is 5.82 Å². The zero-order chi connectivity index (χ0) is 22.2. The minimum atomic E-state index is -0.158. The van der Waals surface area contributed by atoms with E-state index in [1.807, 2.05) is 79.0 Å². The maximum Gasteiger partial charge on any atom is 0.258 e. The maximum atomic E-state index is 13.0. The molecule has 0 spiro atoms. The molecule has 5 aromatic rings. The van der Waals surface area contributed by atoms with Crippen LogP contribution in [0.25, 0.3) is 27.8 Å². The molecule has 0 aliphatic heterocycles. The number of pyridine rings is 2. The fraction of sp³-hybridized carbons (Fsp3) is 0.154. The largest absolute Gasteiger partial charge is 0.497 e. The zero-order valence-corrected chi connectivity index (χ0v) is 18.3. The van der Waals surface area contributed by atoms with E-state index < -0.39 is 0 Å². The van der Waals surface area contributed by atoms with Gasteiger partial charge in [-0.3, -0.25) is 9.20 Å². The summed E-state index contributed by atoms with van der Waals surface area (Å²) in [5.41, 5.74) is 5.97. The number of rotatable bonds is 5. The average Bonchev–Trinajstić information content (AvgIpc) is 3.15. The van der Waals surface area contributed by atoms with E-state index in [0.717, 1.165) is 44.8 Å². The Labute approximate surface area is 185 Å². The highest BCUT2D eigenvalue weighted by Crippen LogP contribution is 2.29. The van der Waals surface area contributed by atoms with Crippen molar-refractivity contribution in [1.82, 2.24) is 14.4 Å². The van der Waals surface area contributed by atoms with Crippen LogP contribution in [-0.2, 0) is 6.54 Å². The second-order valence-electron chi connectivity index (χ2n) is 8.05. The van der Waals surface area contributed by atoms with Gasteiger partial charge >= 0.3 is 0 Å². The van der Waals surface area contributed by atoms with Gasteiger partial charge in [-0.15, -0.1) is 0 Å². The Morgan fingerprint density at radius 2 is 1.78 bits per heavy atom. The second-order valence-corrected chi connectivity index (χ2v) is 8.05. The van der Waals surface area contributed by atoms with E-state index in [9.17, 15) is 4.79 Å². The Morgan fingerprint density at radius 3 is 2.56 bits per heavy atom. The molecule has 0 saturated heterocycles. The molecule has 5 rings (SSSR count). The molecule has 6 nitrogen and oxygen atoms in total. The number of aryl methyl sites for hydroxylation is 2. The average molecular weight is 425 g/mol. The van der Waals surface area contributed by atoms with Gasteiger partial charge < -0.3 is 15.0 Å². The van der Waals surface area contributed by atoms with Gasteiger partial charge in [-0.25, -0.2) is 4.98 Å². The molecule has 160 valence electrons. The van der Waals surface area contributed by atoms with Crippen LogP contribution in [0.2, 0.25) is 0 Å². The molecule has 0 fully saturated rings. The van der Waals surface area contributed by atoms with Gasteiger partial charge in [-0.1, -0.05) is 23.8 Å². The molecule has 2 N–H and O–H groups in total. The minimum absolute atomic E-state index is 0.158. The molecule has 0 aliphatic carbocycles. The lowest BCUT2D eigenvalue weighted by atomic mass is 10.1. The third kappa shape index (κ3) is 3.60. The van der Waals surface area contributed by atoms with Crippen molar-refractivity contribution in [2.24, 2.45) is 0 Å². The zero-order valence-electron chi connectivity index (χ0n) is 18.3. The van der Waals surface area contributed by atoms with E-state index in [1.165, 1.54) is 0 Å². The summed E-state index contributed by atoms with van der Waals surface area (Å²) < 4.78 is 7.24. The Hall–Kier alpha value is -4.06. The first-order chi connectivity index (χ1) is 15.5. The summed E-state index contributed by atoms with van der Waals surface area (Å²) in [5, 5.41) is 4.48. The van der Waals surface area contributed by atoms with Gasteiger partial charge in [0.15, 0.2) is 0 Å². The predicted octanol–water partition coefficient (Wildman–Crippen LogP) is 5.08. The van der Waals surface area contributed by atoms with Crippen LogP contribution in [0.15, 0.2) is 71.7 Å². The van der Waals surface area contributed by atoms with Crippen molar-refractivity contribution in [3.63, 3.8) is 0 Å². The lowest BCUT2D eigenvalue weighted by molar-refractivity contribution is 0.414.